The van der Waals surface area contributed by atoms with E-state index in [0.29, 0.717) is 11.4 Å². The summed E-state index contributed by atoms with van der Waals surface area (Å²) in [5.41, 5.74) is 0.488. The first-order chi connectivity index (χ1) is 9.65. The van der Waals surface area contributed by atoms with Gasteiger partial charge in [0.05, 0.1) is 5.39 Å². The fourth-order valence-electron chi connectivity index (χ4n) is 2.89. The molecule has 0 aromatic carbocycles. The molecule has 5 heteroatoms. The fourth-order valence-corrected chi connectivity index (χ4v) is 3.77. The van der Waals surface area contributed by atoms with E-state index in [0.717, 1.165) is 22.6 Å². The molecule has 1 aliphatic rings. The zero-order chi connectivity index (χ0) is 14.2. The maximum atomic E-state index is 4.60. The quantitative estimate of drug-likeness (QED) is 0.872. The van der Waals surface area contributed by atoms with E-state index in [-0.39, 0.29) is 0 Å². The van der Waals surface area contributed by atoms with E-state index >= 15 is 0 Å². The molecule has 0 spiro atoms. The Morgan fingerprint density at radius 3 is 2.75 bits per heavy atom. The summed E-state index contributed by atoms with van der Waals surface area (Å²) in [4.78, 5) is 11.5. The number of aromatic nitrogens is 2. The predicted molar refractivity (Wildman–Crippen MR) is 86.8 cm³/mol. The van der Waals surface area contributed by atoms with Gasteiger partial charge < -0.3 is 10.6 Å². The minimum absolute atomic E-state index is 0.488. The van der Waals surface area contributed by atoms with E-state index in [1.165, 1.54) is 30.6 Å². The van der Waals surface area contributed by atoms with Crippen molar-refractivity contribution in [2.45, 2.75) is 39.5 Å². The summed E-state index contributed by atoms with van der Waals surface area (Å²) in [5, 5.41) is 7.79. The highest BCUT2D eigenvalue weighted by Crippen LogP contribution is 2.44. The Hall–Kier alpha value is -1.36. The topological polar surface area (TPSA) is 49.8 Å². The number of aryl methyl sites for hydroxylation is 1. The lowest BCUT2D eigenvalue weighted by Crippen LogP contribution is -2.36. The Balaban J connectivity index is 1.89. The van der Waals surface area contributed by atoms with Crippen LogP contribution in [0, 0.1) is 12.3 Å². The second kappa shape index (κ2) is 5.20. The van der Waals surface area contributed by atoms with Crippen molar-refractivity contribution < 1.29 is 0 Å². The van der Waals surface area contributed by atoms with Gasteiger partial charge in [-0.25, -0.2) is 4.98 Å². The van der Waals surface area contributed by atoms with Gasteiger partial charge in [-0.15, -0.1) is 11.3 Å². The number of anilines is 2. The molecule has 0 radical (unpaired) electrons. The molecule has 2 N–H and O–H groups in total. The number of nitrogens with one attached hydrogen (secondary N) is 2. The number of nitrogens with zero attached hydrogens (tertiary/aromatic N) is 2. The van der Waals surface area contributed by atoms with Crippen LogP contribution >= 0.6 is 11.3 Å². The van der Waals surface area contributed by atoms with Crippen LogP contribution < -0.4 is 10.6 Å². The molecule has 0 atom stereocenters. The number of hydrogen-bond donors (Lipinski definition) is 2. The third kappa shape index (κ3) is 2.35. The first kappa shape index (κ1) is 13.6. The molecule has 1 aliphatic carbocycles. The molecule has 3 rings (SSSR count). The molecule has 0 unspecified atom stereocenters. The summed E-state index contributed by atoms with van der Waals surface area (Å²) in [7, 11) is 1.87. The first-order valence-electron chi connectivity index (χ1n) is 7.35. The van der Waals surface area contributed by atoms with Gasteiger partial charge in [-0.05, 0) is 37.7 Å². The molecule has 0 amide bonds. The summed E-state index contributed by atoms with van der Waals surface area (Å²) in [6.45, 7) is 5.44. The molecule has 0 aliphatic heterocycles. The van der Waals surface area contributed by atoms with Crippen LogP contribution in [0.1, 0.15) is 37.5 Å². The molecule has 20 heavy (non-hydrogen) atoms. The van der Waals surface area contributed by atoms with Crippen LogP contribution in [0.15, 0.2) is 6.07 Å². The molecule has 4 nitrogen and oxygen atoms in total. The van der Waals surface area contributed by atoms with Gasteiger partial charge in [0, 0.05) is 18.5 Å². The van der Waals surface area contributed by atoms with Crippen LogP contribution in [-0.2, 0) is 0 Å². The maximum absolute atomic E-state index is 4.60. The largest absolute Gasteiger partial charge is 0.369 e. The van der Waals surface area contributed by atoms with Gasteiger partial charge >= 0.3 is 0 Å². The van der Waals surface area contributed by atoms with Crippen LogP contribution in [0.25, 0.3) is 10.2 Å². The normalized spacial score (nSPS) is 16.9. The Bertz CT molecular complexity index is 610. The van der Waals surface area contributed by atoms with Crippen molar-refractivity contribution in [3.8, 4) is 0 Å². The van der Waals surface area contributed by atoms with Crippen LogP contribution in [-0.4, -0.2) is 23.6 Å². The van der Waals surface area contributed by atoms with Gasteiger partial charge in [0.2, 0.25) is 5.95 Å². The SMILES string of the molecule is CCC1(CNc2nc(NC)nc3sc(C)cc23)CCC1. The van der Waals surface area contributed by atoms with Crippen molar-refractivity contribution in [3.05, 3.63) is 10.9 Å². The van der Waals surface area contributed by atoms with Crippen molar-refractivity contribution >= 4 is 33.3 Å². The molecule has 2 aromatic heterocycles. The van der Waals surface area contributed by atoms with E-state index < -0.39 is 0 Å². The van der Waals surface area contributed by atoms with E-state index in [9.17, 15) is 0 Å². The van der Waals surface area contributed by atoms with Gasteiger partial charge in [0.25, 0.3) is 0 Å². The van der Waals surface area contributed by atoms with E-state index in [1.54, 1.807) is 11.3 Å². The predicted octanol–water partition coefficient (Wildman–Crippen LogP) is 4.03. The standard InChI is InChI=1S/C15H22N4S/c1-4-15(6-5-7-15)9-17-12-11-8-10(2)20-13(11)19-14(16-3)18-12/h8H,4-7,9H2,1-3H3,(H2,16,17,18,19). The molecule has 108 valence electrons. The van der Waals surface area contributed by atoms with Gasteiger partial charge in [-0.1, -0.05) is 13.3 Å². The van der Waals surface area contributed by atoms with E-state index in [2.05, 4.69) is 40.5 Å². The highest BCUT2D eigenvalue weighted by atomic mass is 32.1. The maximum Gasteiger partial charge on any atom is 0.225 e. The number of fused-ring (bicyclic) bond motifs is 1. The molecule has 2 heterocycles. The van der Waals surface area contributed by atoms with Crippen molar-refractivity contribution in [2.24, 2.45) is 5.41 Å². The average Bonchev–Trinajstić information content (AvgIpc) is 2.78. The van der Waals surface area contributed by atoms with E-state index in [4.69, 9.17) is 0 Å². The highest BCUT2D eigenvalue weighted by molar-refractivity contribution is 7.18. The van der Waals surface area contributed by atoms with Crippen molar-refractivity contribution in [3.63, 3.8) is 0 Å². The zero-order valence-electron chi connectivity index (χ0n) is 12.4. The highest BCUT2D eigenvalue weighted by Gasteiger charge is 2.34. The van der Waals surface area contributed by atoms with Crippen LogP contribution in [0.5, 0.6) is 0 Å². The second-order valence-electron chi connectivity index (χ2n) is 5.78. The third-order valence-corrected chi connectivity index (χ3v) is 5.48. The van der Waals surface area contributed by atoms with E-state index in [1.807, 2.05) is 7.05 Å². The smallest absolute Gasteiger partial charge is 0.225 e. The lowest BCUT2D eigenvalue weighted by molar-refractivity contribution is 0.145. The average molecular weight is 290 g/mol. The van der Waals surface area contributed by atoms with Gasteiger partial charge in [-0.2, -0.15) is 4.98 Å². The fraction of sp³-hybridized carbons (Fsp3) is 0.600. The first-order valence-corrected chi connectivity index (χ1v) is 8.17. The zero-order valence-corrected chi connectivity index (χ0v) is 13.2. The monoisotopic (exact) mass is 290 g/mol. The molecule has 2 aromatic rings. The molecule has 1 fully saturated rings. The second-order valence-corrected chi connectivity index (χ2v) is 7.02. The number of thiophene rings is 1. The minimum atomic E-state index is 0.488. The molecule has 0 saturated heterocycles. The van der Waals surface area contributed by atoms with Crippen LogP contribution in [0.2, 0.25) is 0 Å². The number of rotatable bonds is 5. The van der Waals surface area contributed by atoms with Gasteiger partial charge in [-0.3, -0.25) is 0 Å². The summed E-state index contributed by atoms with van der Waals surface area (Å²) in [6, 6.07) is 2.18. The number of hydrogen-bond acceptors (Lipinski definition) is 5. The van der Waals surface area contributed by atoms with Crippen molar-refractivity contribution in [1.82, 2.24) is 9.97 Å². The Morgan fingerprint density at radius 2 is 2.15 bits per heavy atom. The summed E-state index contributed by atoms with van der Waals surface area (Å²) in [5.74, 6) is 1.67. The van der Waals surface area contributed by atoms with Crippen molar-refractivity contribution in [1.29, 1.82) is 0 Å². The third-order valence-electron chi connectivity index (χ3n) is 4.53. The molecular weight excluding hydrogens is 268 g/mol. The summed E-state index contributed by atoms with van der Waals surface area (Å²) in [6.07, 6.45) is 5.29. The lowest BCUT2D eigenvalue weighted by atomic mass is 9.67. The molecule has 1 saturated carbocycles. The van der Waals surface area contributed by atoms with Crippen molar-refractivity contribution in [2.75, 3.05) is 24.2 Å². The van der Waals surface area contributed by atoms with Gasteiger partial charge in [0.1, 0.15) is 10.6 Å². The summed E-state index contributed by atoms with van der Waals surface area (Å²) >= 11 is 1.72. The minimum Gasteiger partial charge on any atom is -0.369 e. The Morgan fingerprint density at radius 1 is 1.35 bits per heavy atom. The Kier molecular flexibility index (Phi) is 3.54. The molecule has 0 bridgehead atoms. The summed E-state index contributed by atoms with van der Waals surface area (Å²) < 4.78 is 0. The van der Waals surface area contributed by atoms with Crippen LogP contribution in [0.3, 0.4) is 0 Å². The van der Waals surface area contributed by atoms with Crippen LogP contribution in [0.4, 0.5) is 11.8 Å². The lowest BCUT2D eigenvalue weighted by Gasteiger charge is -2.41. The van der Waals surface area contributed by atoms with Gasteiger partial charge in [0.15, 0.2) is 0 Å². The molecular formula is C15H22N4S. The Labute approximate surface area is 124 Å².